The molecule has 0 saturated heterocycles. The first-order valence-corrected chi connectivity index (χ1v) is 10.5. The highest BCUT2D eigenvalue weighted by atomic mass is 19.1. The van der Waals surface area contributed by atoms with E-state index in [4.69, 9.17) is 9.47 Å². The summed E-state index contributed by atoms with van der Waals surface area (Å²) >= 11 is 0. The van der Waals surface area contributed by atoms with E-state index in [1.54, 1.807) is 19.1 Å². The van der Waals surface area contributed by atoms with Crippen LogP contribution in [0.1, 0.15) is 28.4 Å². The van der Waals surface area contributed by atoms with Gasteiger partial charge in [-0.1, -0.05) is 48.0 Å². The molecular weight excluding hydrogens is 405 g/mol. The molecular formula is C27H28FNO3. The first kappa shape index (κ1) is 23.1. The van der Waals surface area contributed by atoms with E-state index < -0.39 is 0 Å². The highest BCUT2D eigenvalue weighted by Crippen LogP contribution is 2.28. The summed E-state index contributed by atoms with van der Waals surface area (Å²) < 4.78 is 24.0. The highest BCUT2D eigenvalue weighted by molar-refractivity contribution is 5.94. The zero-order valence-electron chi connectivity index (χ0n) is 18.7. The predicted molar refractivity (Wildman–Crippen MR) is 126 cm³/mol. The monoisotopic (exact) mass is 433 g/mol. The van der Waals surface area contributed by atoms with Crippen LogP contribution in [0.15, 0.2) is 78.4 Å². The molecule has 0 saturated carbocycles. The molecule has 0 aliphatic rings. The molecule has 3 rings (SSSR count). The number of hydrogen-bond acceptors (Lipinski definition) is 3. The quantitative estimate of drug-likeness (QED) is 0.439. The highest BCUT2D eigenvalue weighted by Gasteiger charge is 2.17. The Morgan fingerprint density at radius 3 is 2.28 bits per heavy atom. The zero-order chi connectivity index (χ0) is 22.9. The molecule has 32 heavy (non-hydrogen) atoms. The van der Waals surface area contributed by atoms with E-state index in [-0.39, 0.29) is 11.7 Å². The van der Waals surface area contributed by atoms with Crippen molar-refractivity contribution in [1.82, 2.24) is 4.90 Å². The van der Waals surface area contributed by atoms with Crippen LogP contribution in [0.25, 0.3) is 6.08 Å². The Labute approximate surface area is 188 Å². The van der Waals surface area contributed by atoms with Crippen molar-refractivity contribution in [1.29, 1.82) is 0 Å². The molecule has 1 amide bonds. The first-order chi connectivity index (χ1) is 15.5. The van der Waals surface area contributed by atoms with Gasteiger partial charge < -0.3 is 14.4 Å². The maximum atomic E-state index is 13.4. The van der Waals surface area contributed by atoms with Gasteiger partial charge in [-0.05, 0) is 60.9 Å². The summed E-state index contributed by atoms with van der Waals surface area (Å²) in [5.74, 6) is 0.823. The van der Waals surface area contributed by atoms with Crippen LogP contribution >= 0.6 is 0 Å². The van der Waals surface area contributed by atoms with Gasteiger partial charge in [0.05, 0.1) is 14.2 Å². The Balaban J connectivity index is 1.80. The molecule has 0 bridgehead atoms. The molecule has 0 spiro atoms. The molecule has 0 aromatic heterocycles. The second-order valence-corrected chi connectivity index (χ2v) is 7.57. The SMILES string of the molecule is COc1ccc(CCN(C/C(C)=C/c2ccccc2)C(=O)c2ccc(F)cc2)cc1OC. The Hall–Kier alpha value is -3.60. The number of nitrogens with zero attached hydrogens (tertiary/aromatic N) is 1. The van der Waals surface area contributed by atoms with E-state index in [1.807, 2.05) is 55.5 Å². The number of carbonyl (C=O) groups excluding carboxylic acids is 1. The number of amides is 1. The summed E-state index contributed by atoms with van der Waals surface area (Å²) in [5.41, 5.74) is 3.63. The molecule has 0 aliphatic carbocycles. The van der Waals surface area contributed by atoms with Crippen molar-refractivity contribution < 1.29 is 18.7 Å². The number of rotatable bonds is 9. The first-order valence-electron chi connectivity index (χ1n) is 10.5. The lowest BCUT2D eigenvalue weighted by atomic mass is 10.1. The summed E-state index contributed by atoms with van der Waals surface area (Å²) in [6.45, 7) is 2.98. The molecule has 4 nitrogen and oxygen atoms in total. The largest absolute Gasteiger partial charge is 0.493 e. The van der Waals surface area contributed by atoms with Gasteiger partial charge in [0.2, 0.25) is 0 Å². The van der Waals surface area contributed by atoms with Crippen LogP contribution in [-0.4, -0.2) is 38.1 Å². The Morgan fingerprint density at radius 1 is 0.938 bits per heavy atom. The smallest absolute Gasteiger partial charge is 0.254 e. The van der Waals surface area contributed by atoms with Crippen LogP contribution in [0, 0.1) is 5.82 Å². The molecule has 0 aliphatic heterocycles. The third-order valence-corrected chi connectivity index (χ3v) is 5.15. The topological polar surface area (TPSA) is 38.8 Å². The lowest BCUT2D eigenvalue weighted by Gasteiger charge is -2.24. The van der Waals surface area contributed by atoms with E-state index in [2.05, 4.69) is 6.08 Å². The molecule has 0 atom stereocenters. The van der Waals surface area contributed by atoms with Crippen LogP contribution in [0.3, 0.4) is 0 Å². The summed E-state index contributed by atoms with van der Waals surface area (Å²) in [7, 11) is 3.20. The lowest BCUT2D eigenvalue weighted by molar-refractivity contribution is 0.0772. The number of carbonyl (C=O) groups is 1. The van der Waals surface area contributed by atoms with E-state index in [0.29, 0.717) is 36.6 Å². The Morgan fingerprint density at radius 2 is 1.62 bits per heavy atom. The molecule has 3 aromatic rings. The molecule has 5 heteroatoms. The minimum absolute atomic E-state index is 0.133. The maximum absolute atomic E-state index is 13.4. The minimum atomic E-state index is -0.362. The fourth-order valence-electron chi connectivity index (χ4n) is 3.51. The van der Waals surface area contributed by atoms with Gasteiger partial charge in [0, 0.05) is 18.7 Å². The Kier molecular flexibility index (Phi) is 8.03. The summed E-state index contributed by atoms with van der Waals surface area (Å²) in [6, 6.07) is 21.4. The summed E-state index contributed by atoms with van der Waals surface area (Å²) in [5, 5.41) is 0. The average Bonchev–Trinajstić information content (AvgIpc) is 2.82. The van der Waals surface area contributed by atoms with Gasteiger partial charge >= 0.3 is 0 Å². The predicted octanol–water partition coefficient (Wildman–Crippen LogP) is 5.63. The van der Waals surface area contributed by atoms with Gasteiger partial charge in [-0.15, -0.1) is 0 Å². The molecule has 166 valence electrons. The summed E-state index contributed by atoms with van der Waals surface area (Å²) in [6.07, 6.45) is 2.72. The third-order valence-electron chi connectivity index (χ3n) is 5.15. The van der Waals surface area contributed by atoms with Crippen LogP contribution in [0.2, 0.25) is 0 Å². The normalized spacial score (nSPS) is 11.2. The van der Waals surface area contributed by atoms with Crippen LogP contribution < -0.4 is 9.47 Å². The van der Waals surface area contributed by atoms with Crippen LogP contribution in [0.5, 0.6) is 11.5 Å². The molecule has 0 unspecified atom stereocenters. The Bertz CT molecular complexity index is 1060. The van der Waals surface area contributed by atoms with Gasteiger partial charge in [-0.2, -0.15) is 0 Å². The van der Waals surface area contributed by atoms with E-state index in [0.717, 1.165) is 16.7 Å². The third kappa shape index (κ3) is 6.20. The number of benzene rings is 3. The van der Waals surface area contributed by atoms with E-state index in [9.17, 15) is 9.18 Å². The van der Waals surface area contributed by atoms with Gasteiger partial charge in [-0.3, -0.25) is 4.79 Å². The van der Waals surface area contributed by atoms with Crippen molar-refractivity contribution in [3.8, 4) is 11.5 Å². The van der Waals surface area contributed by atoms with Crippen molar-refractivity contribution >= 4 is 12.0 Å². The molecule has 0 heterocycles. The summed E-state index contributed by atoms with van der Waals surface area (Å²) in [4.78, 5) is 15.0. The number of hydrogen-bond donors (Lipinski definition) is 0. The second-order valence-electron chi connectivity index (χ2n) is 7.57. The molecule has 3 aromatic carbocycles. The van der Waals surface area contributed by atoms with Crippen LogP contribution in [-0.2, 0) is 6.42 Å². The van der Waals surface area contributed by atoms with Crippen LogP contribution in [0.4, 0.5) is 4.39 Å². The number of methoxy groups -OCH3 is 2. The van der Waals surface area contributed by atoms with E-state index in [1.165, 1.54) is 24.3 Å². The standard InChI is InChI=1S/C27H28FNO3/c1-20(17-21-7-5-4-6-8-21)19-29(27(30)23-10-12-24(28)13-11-23)16-15-22-9-14-25(31-2)26(18-22)32-3/h4-14,17-18H,15-16,19H2,1-3H3/b20-17+. The maximum Gasteiger partial charge on any atom is 0.254 e. The molecule has 0 radical (unpaired) electrons. The number of ether oxygens (including phenoxy) is 2. The van der Waals surface area contributed by atoms with Crippen molar-refractivity contribution in [2.75, 3.05) is 27.3 Å². The van der Waals surface area contributed by atoms with Crippen molar-refractivity contribution in [2.24, 2.45) is 0 Å². The molecule has 0 N–H and O–H groups in total. The van der Waals surface area contributed by atoms with Gasteiger partial charge in [0.25, 0.3) is 5.91 Å². The fraction of sp³-hybridized carbons (Fsp3) is 0.222. The molecule has 0 fully saturated rings. The second kappa shape index (κ2) is 11.1. The average molecular weight is 434 g/mol. The van der Waals surface area contributed by atoms with Crippen molar-refractivity contribution in [3.63, 3.8) is 0 Å². The van der Waals surface area contributed by atoms with Crippen molar-refractivity contribution in [3.05, 3.63) is 101 Å². The van der Waals surface area contributed by atoms with Gasteiger partial charge in [0.15, 0.2) is 11.5 Å². The fourth-order valence-corrected chi connectivity index (χ4v) is 3.51. The van der Waals surface area contributed by atoms with E-state index >= 15 is 0 Å². The minimum Gasteiger partial charge on any atom is -0.493 e. The zero-order valence-corrected chi connectivity index (χ0v) is 18.7. The van der Waals surface area contributed by atoms with Crippen molar-refractivity contribution in [2.45, 2.75) is 13.3 Å². The van der Waals surface area contributed by atoms with Gasteiger partial charge in [-0.25, -0.2) is 4.39 Å². The number of halogens is 1. The lowest BCUT2D eigenvalue weighted by Crippen LogP contribution is -2.34. The van der Waals surface area contributed by atoms with Gasteiger partial charge in [0.1, 0.15) is 5.82 Å².